The van der Waals surface area contributed by atoms with Crippen molar-refractivity contribution in [1.29, 1.82) is 0 Å². The first-order chi connectivity index (χ1) is 17.2. The highest BCUT2D eigenvalue weighted by atomic mass is 32.1. The number of hydrogen-bond donors (Lipinski definition) is 1. The minimum atomic E-state index is -4.82. The van der Waals surface area contributed by atoms with Crippen molar-refractivity contribution in [2.45, 2.75) is 25.1 Å². The first-order valence-corrected chi connectivity index (χ1v) is 12.0. The van der Waals surface area contributed by atoms with Crippen molar-refractivity contribution in [1.82, 2.24) is 9.88 Å². The summed E-state index contributed by atoms with van der Waals surface area (Å²) in [6, 6.07) is 14.3. The van der Waals surface area contributed by atoms with Crippen LogP contribution in [0.3, 0.4) is 0 Å². The third-order valence-corrected chi connectivity index (χ3v) is 6.86. The first kappa shape index (κ1) is 23.9. The second-order valence-electron chi connectivity index (χ2n) is 8.32. The van der Waals surface area contributed by atoms with Gasteiger partial charge >= 0.3 is 6.36 Å². The monoisotopic (exact) mass is 515 g/mol. The number of nitrogens with zero attached hydrogens (tertiary/aromatic N) is 2. The highest BCUT2D eigenvalue weighted by Crippen LogP contribution is 2.32. The van der Waals surface area contributed by atoms with Crippen molar-refractivity contribution in [2.24, 2.45) is 0 Å². The highest BCUT2D eigenvalue weighted by Gasteiger charge is 2.31. The Morgan fingerprint density at radius 1 is 1.08 bits per heavy atom. The van der Waals surface area contributed by atoms with E-state index in [1.807, 2.05) is 24.3 Å². The topological polar surface area (TPSA) is 84.7 Å². The quantitative estimate of drug-likeness (QED) is 0.349. The summed E-state index contributed by atoms with van der Waals surface area (Å²) in [4.78, 5) is 31.7. The lowest BCUT2D eigenvalue weighted by molar-refractivity contribution is -0.274. The summed E-state index contributed by atoms with van der Waals surface area (Å²) in [5.74, 6) is -0.699. The lowest BCUT2D eigenvalue weighted by Crippen LogP contribution is -2.37. The number of likely N-dealkylation sites (tertiary alicyclic amines) is 1. The van der Waals surface area contributed by atoms with Gasteiger partial charge in [0.15, 0.2) is 5.76 Å². The van der Waals surface area contributed by atoms with E-state index in [2.05, 4.69) is 15.0 Å². The Hall–Kier alpha value is -3.86. The molecule has 2 aromatic heterocycles. The largest absolute Gasteiger partial charge is 0.573 e. The normalized spacial score (nSPS) is 14.7. The van der Waals surface area contributed by atoms with Crippen LogP contribution in [-0.2, 0) is 0 Å². The molecule has 186 valence electrons. The Labute approximate surface area is 207 Å². The molecule has 36 heavy (non-hydrogen) atoms. The van der Waals surface area contributed by atoms with Crippen LogP contribution in [0, 0.1) is 0 Å². The summed E-state index contributed by atoms with van der Waals surface area (Å²) >= 11 is 1.35. The molecule has 0 atom stereocenters. The number of hydrogen-bond acceptors (Lipinski definition) is 6. The summed E-state index contributed by atoms with van der Waals surface area (Å²) in [6.45, 7) is 1.07. The third kappa shape index (κ3) is 5.35. The van der Waals surface area contributed by atoms with E-state index in [4.69, 9.17) is 4.42 Å². The van der Waals surface area contributed by atoms with E-state index in [0.29, 0.717) is 37.3 Å². The van der Waals surface area contributed by atoms with Crippen LogP contribution < -0.4 is 10.1 Å². The molecular weight excluding hydrogens is 495 g/mol. The molecule has 0 spiro atoms. The number of halogens is 3. The zero-order valence-corrected chi connectivity index (χ0v) is 19.6. The number of amides is 2. The van der Waals surface area contributed by atoms with Gasteiger partial charge in [0.25, 0.3) is 11.8 Å². The van der Waals surface area contributed by atoms with Gasteiger partial charge in [0.05, 0.1) is 5.01 Å². The number of nitrogens with one attached hydrogen (secondary N) is 1. The lowest BCUT2D eigenvalue weighted by Gasteiger charge is -2.30. The molecule has 2 aromatic carbocycles. The fraction of sp³-hybridized carbons (Fsp3) is 0.240. The number of carbonyl (C=O) groups excluding carboxylic acids is 2. The molecule has 1 aliphatic rings. The second kappa shape index (κ2) is 9.65. The summed E-state index contributed by atoms with van der Waals surface area (Å²) in [7, 11) is 0. The number of alkyl halides is 3. The predicted octanol–water partition coefficient (Wildman–Crippen LogP) is 6.06. The van der Waals surface area contributed by atoms with Crippen LogP contribution in [0.5, 0.6) is 5.75 Å². The van der Waals surface area contributed by atoms with Crippen molar-refractivity contribution in [3.05, 3.63) is 76.4 Å². The Balaban J connectivity index is 1.18. The number of anilines is 1. The number of aromatic nitrogens is 1. The fourth-order valence-electron chi connectivity index (χ4n) is 4.12. The number of thiazole rings is 1. The maximum Gasteiger partial charge on any atom is 0.573 e. The molecule has 2 amide bonds. The van der Waals surface area contributed by atoms with Crippen molar-refractivity contribution < 1.29 is 31.9 Å². The van der Waals surface area contributed by atoms with Gasteiger partial charge in [-0.25, -0.2) is 4.98 Å². The maximum absolute atomic E-state index is 12.9. The van der Waals surface area contributed by atoms with Crippen LogP contribution >= 0.6 is 11.3 Å². The molecule has 4 aromatic rings. The van der Waals surface area contributed by atoms with Gasteiger partial charge in [0.1, 0.15) is 17.0 Å². The standard InChI is InChI=1S/C25H20F3N3O4S/c26-25(27,28)35-18-6-3-5-17(13-18)29-22(32)19-14-36-23(30-19)15-8-10-31(11-9-15)24(33)21-12-16-4-1-2-7-20(16)34-21/h1-7,12-15H,8-11H2,(H,29,32). The van der Waals surface area contributed by atoms with Gasteiger partial charge in [-0.15, -0.1) is 24.5 Å². The molecule has 1 N–H and O–H groups in total. The van der Waals surface area contributed by atoms with Crippen LogP contribution in [0.2, 0.25) is 0 Å². The van der Waals surface area contributed by atoms with Crippen molar-refractivity contribution in [3.8, 4) is 5.75 Å². The molecule has 0 saturated carbocycles. The zero-order valence-electron chi connectivity index (χ0n) is 18.7. The summed E-state index contributed by atoms with van der Waals surface area (Å²) in [6.07, 6.45) is -3.44. The van der Waals surface area contributed by atoms with E-state index in [1.54, 1.807) is 16.3 Å². The molecule has 1 aliphatic heterocycles. The van der Waals surface area contributed by atoms with Crippen molar-refractivity contribution in [2.75, 3.05) is 18.4 Å². The number of furan rings is 1. The molecule has 7 nitrogen and oxygen atoms in total. The number of benzene rings is 2. The van der Waals surface area contributed by atoms with E-state index in [0.717, 1.165) is 22.5 Å². The number of para-hydroxylation sites is 1. The predicted molar refractivity (Wildman–Crippen MR) is 127 cm³/mol. The minimum absolute atomic E-state index is 0.0970. The number of ether oxygens (including phenoxy) is 1. The zero-order chi connectivity index (χ0) is 25.3. The van der Waals surface area contributed by atoms with Gasteiger partial charge < -0.3 is 19.4 Å². The molecule has 3 heterocycles. The van der Waals surface area contributed by atoms with E-state index >= 15 is 0 Å². The summed E-state index contributed by atoms with van der Waals surface area (Å²) in [5.41, 5.74) is 1.01. The van der Waals surface area contributed by atoms with E-state index < -0.39 is 18.0 Å². The third-order valence-electron chi connectivity index (χ3n) is 5.85. The SMILES string of the molecule is O=C(Nc1cccc(OC(F)(F)F)c1)c1csc(C2CCN(C(=O)c3cc4ccccc4o3)CC2)n1. The molecule has 0 aliphatic carbocycles. The van der Waals surface area contributed by atoms with E-state index in [1.165, 1.54) is 23.5 Å². The molecule has 0 unspecified atom stereocenters. The van der Waals surface area contributed by atoms with E-state index in [9.17, 15) is 22.8 Å². The molecular formula is C25H20F3N3O4S. The number of piperidine rings is 1. The Bertz CT molecular complexity index is 1370. The molecule has 5 rings (SSSR count). The number of rotatable bonds is 5. The van der Waals surface area contributed by atoms with Gasteiger partial charge in [0.2, 0.25) is 0 Å². The fourth-order valence-corrected chi connectivity index (χ4v) is 5.09. The Kier molecular flexibility index (Phi) is 6.40. The molecule has 1 saturated heterocycles. The molecule has 0 radical (unpaired) electrons. The van der Waals surface area contributed by atoms with Crippen LogP contribution in [0.4, 0.5) is 18.9 Å². The van der Waals surface area contributed by atoms with E-state index in [-0.39, 0.29) is 23.2 Å². The minimum Gasteiger partial charge on any atom is -0.451 e. The molecule has 11 heteroatoms. The van der Waals surface area contributed by atoms with Gasteiger partial charge in [-0.2, -0.15) is 0 Å². The van der Waals surface area contributed by atoms with Crippen LogP contribution in [-0.4, -0.2) is 41.2 Å². The van der Waals surface area contributed by atoms with Gasteiger partial charge in [-0.05, 0) is 37.1 Å². The molecule has 0 bridgehead atoms. The average Bonchev–Trinajstić information content (AvgIpc) is 3.51. The smallest absolute Gasteiger partial charge is 0.451 e. The van der Waals surface area contributed by atoms with Gasteiger partial charge in [-0.3, -0.25) is 9.59 Å². The maximum atomic E-state index is 12.9. The van der Waals surface area contributed by atoms with Crippen LogP contribution in [0.25, 0.3) is 11.0 Å². The number of carbonyl (C=O) groups is 2. The number of fused-ring (bicyclic) bond motifs is 1. The first-order valence-electron chi connectivity index (χ1n) is 11.2. The summed E-state index contributed by atoms with van der Waals surface area (Å²) in [5, 5.41) is 5.83. The average molecular weight is 516 g/mol. The summed E-state index contributed by atoms with van der Waals surface area (Å²) < 4.78 is 46.9. The Morgan fingerprint density at radius 2 is 1.86 bits per heavy atom. The highest BCUT2D eigenvalue weighted by molar-refractivity contribution is 7.10. The van der Waals surface area contributed by atoms with Crippen molar-refractivity contribution in [3.63, 3.8) is 0 Å². The van der Waals surface area contributed by atoms with Crippen LogP contribution in [0.15, 0.2) is 64.4 Å². The van der Waals surface area contributed by atoms with Gasteiger partial charge in [0, 0.05) is 41.5 Å². The molecule has 1 fully saturated rings. The lowest BCUT2D eigenvalue weighted by atomic mass is 9.97. The second-order valence-corrected chi connectivity index (χ2v) is 9.21. The Morgan fingerprint density at radius 3 is 2.61 bits per heavy atom. The van der Waals surface area contributed by atoms with Crippen LogP contribution in [0.1, 0.15) is 44.8 Å². The van der Waals surface area contributed by atoms with Crippen molar-refractivity contribution >= 4 is 39.8 Å². The van der Waals surface area contributed by atoms with Gasteiger partial charge in [-0.1, -0.05) is 24.3 Å².